The maximum Gasteiger partial charge on any atom is 0.573 e. The molecule has 226 valence electrons. The van der Waals surface area contributed by atoms with E-state index in [4.69, 9.17) is 4.98 Å². The van der Waals surface area contributed by atoms with Crippen molar-refractivity contribution in [1.82, 2.24) is 25.6 Å². The lowest BCUT2D eigenvalue weighted by Gasteiger charge is -2.32. The van der Waals surface area contributed by atoms with Crippen LogP contribution in [0.15, 0.2) is 71.8 Å². The van der Waals surface area contributed by atoms with E-state index in [9.17, 15) is 22.8 Å². The number of imide groups is 1. The van der Waals surface area contributed by atoms with Gasteiger partial charge in [0.1, 0.15) is 5.75 Å². The Kier molecular flexibility index (Phi) is 8.49. The first-order valence-corrected chi connectivity index (χ1v) is 14.8. The molecule has 2 aliphatic rings. The number of halogens is 3. The lowest BCUT2D eigenvalue weighted by Crippen LogP contribution is -2.38. The molecule has 4 aromatic rings. The molecule has 0 radical (unpaired) electrons. The molecule has 44 heavy (non-hydrogen) atoms. The quantitative estimate of drug-likeness (QED) is 0.232. The van der Waals surface area contributed by atoms with E-state index in [0.29, 0.717) is 46.8 Å². The number of piperidine rings is 1. The third-order valence-electron chi connectivity index (χ3n) is 7.40. The monoisotopic (exact) mass is 620 g/mol. The van der Waals surface area contributed by atoms with Crippen LogP contribution in [-0.4, -0.2) is 52.1 Å². The second-order valence-electron chi connectivity index (χ2n) is 10.4. The number of hydrogen-bond acceptors (Lipinski definition) is 9. The van der Waals surface area contributed by atoms with Gasteiger partial charge in [-0.05, 0) is 79.0 Å². The summed E-state index contributed by atoms with van der Waals surface area (Å²) in [5, 5.41) is 6.22. The fourth-order valence-electron chi connectivity index (χ4n) is 5.30. The van der Waals surface area contributed by atoms with Gasteiger partial charge >= 0.3 is 6.36 Å². The molecule has 6 rings (SSSR count). The first kappa shape index (κ1) is 29.6. The first-order valence-electron chi connectivity index (χ1n) is 14.0. The number of pyridine rings is 1. The normalized spacial score (nSPS) is 17.0. The van der Waals surface area contributed by atoms with Gasteiger partial charge in [-0.1, -0.05) is 30.3 Å². The number of carbonyl (C=O) groups excluding carboxylic acids is 2. The van der Waals surface area contributed by atoms with Crippen LogP contribution < -0.4 is 20.3 Å². The molecule has 0 aliphatic carbocycles. The van der Waals surface area contributed by atoms with E-state index in [1.165, 1.54) is 12.1 Å². The Morgan fingerprint density at radius 2 is 1.82 bits per heavy atom. The number of amides is 2. The van der Waals surface area contributed by atoms with Crippen LogP contribution in [0.1, 0.15) is 24.1 Å². The van der Waals surface area contributed by atoms with E-state index in [0.717, 1.165) is 48.6 Å². The predicted molar refractivity (Wildman–Crippen MR) is 162 cm³/mol. The number of benzene rings is 2. The Labute approximate surface area is 254 Å². The van der Waals surface area contributed by atoms with Gasteiger partial charge in [0.25, 0.3) is 11.1 Å². The second kappa shape index (κ2) is 12.6. The van der Waals surface area contributed by atoms with E-state index in [2.05, 4.69) is 30.2 Å². The molecule has 0 saturated carbocycles. The fourth-order valence-corrected chi connectivity index (χ4v) is 5.97. The molecular formula is C31H27F3N6O3S. The number of nitrogens with one attached hydrogen (secondary N) is 2. The Balaban J connectivity index is 1.11. The van der Waals surface area contributed by atoms with Crippen molar-refractivity contribution in [3.63, 3.8) is 0 Å². The summed E-state index contributed by atoms with van der Waals surface area (Å²) in [5.41, 5.74) is 2.72. The highest BCUT2D eigenvalue weighted by Crippen LogP contribution is 2.36. The van der Waals surface area contributed by atoms with Crippen molar-refractivity contribution < 1.29 is 27.5 Å². The van der Waals surface area contributed by atoms with Crippen LogP contribution in [0.5, 0.6) is 5.75 Å². The average Bonchev–Trinajstić information content (AvgIpc) is 3.32. The summed E-state index contributed by atoms with van der Waals surface area (Å²) in [5.74, 6) is 0.211. The topological polar surface area (TPSA) is 109 Å². The number of nitrogens with zero attached hydrogens (tertiary/aromatic N) is 4. The number of alkyl halides is 3. The molecule has 2 amide bonds. The van der Waals surface area contributed by atoms with Crippen LogP contribution in [0.4, 0.5) is 23.9 Å². The third kappa shape index (κ3) is 7.00. The van der Waals surface area contributed by atoms with Crippen molar-refractivity contribution in [1.29, 1.82) is 0 Å². The van der Waals surface area contributed by atoms with Gasteiger partial charge in [0.15, 0.2) is 0 Å². The Bertz CT molecular complexity index is 1740. The number of fused-ring (bicyclic) bond motifs is 1. The molecule has 0 spiro atoms. The number of aromatic nitrogens is 3. The van der Waals surface area contributed by atoms with Gasteiger partial charge in [-0.25, -0.2) is 15.0 Å². The van der Waals surface area contributed by atoms with Gasteiger partial charge < -0.3 is 15.0 Å². The van der Waals surface area contributed by atoms with Gasteiger partial charge in [-0.3, -0.25) is 14.9 Å². The summed E-state index contributed by atoms with van der Waals surface area (Å²) < 4.78 is 43.8. The molecule has 2 aromatic heterocycles. The number of carbonyl (C=O) groups is 2. The van der Waals surface area contributed by atoms with E-state index >= 15 is 0 Å². The molecule has 9 nitrogen and oxygen atoms in total. The molecular weight excluding hydrogens is 593 g/mol. The van der Waals surface area contributed by atoms with Crippen LogP contribution in [-0.2, 0) is 11.3 Å². The molecule has 0 atom stereocenters. The Morgan fingerprint density at radius 3 is 2.59 bits per heavy atom. The van der Waals surface area contributed by atoms with E-state index in [1.807, 2.05) is 30.3 Å². The lowest BCUT2D eigenvalue weighted by molar-refractivity contribution is -0.274. The molecule has 2 saturated heterocycles. The fraction of sp³-hybridized carbons (Fsp3) is 0.258. The molecule has 2 aromatic carbocycles. The summed E-state index contributed by atoms with van der Waals surface area (Å²) in [6.07, 6.45) is 0.167. The summed E-state index contributed by atoms with van der Waals surface area (Å²) in [4.78, 5) is 39.4. The van der Waals surface area contributed by atoms with E-state index in [1.54, 1.807) is 30.5 Å². The van der Waals surface area contributed by atoms with E-state index < -0.39 is 17.5 Å². The van der Waals surface area contributed by atoms with Crippen molar-refractivity contribution in [2.75, 3.05) is 24.5 Å². The van der Waals surface area contributed by atoms with Crippen LogP contribution in [0.2, 0.25) is 0 Å². The van der Waals surface area contributed by atoms with Crippen LogP contribution in [0.3, 0.4) is 0 Å². The minimum atomic E-state index is -4.82. The summed E-state index contributed by atoms with van der Waals surface area (Å²) >= 11 is 0.844. The molecule has 0 unspecified atom stereocenters. The van der Waals surface area contributed by atoms with Gasteiger partial charge in [-0.2, -0.15) is 0 Å². The molecule has 13 heteroatoms. The van der Waals surface area contributed by atoms with Crippen molar-refractivity contribution in [3.05, 3.63) is 83.0 Å². The second-order valence-corrected chi connectivity index (χ2v) is 11.4. The Hall–Kier alpha value is -4.49. The largest absolute Gasteiger partial charge is 0.573 e. The van der Waals surface area contributed by atoms with Gasteiger partial charge in [0.2, 0.25) is 5.95 Å². The molecule has 2 aliphatic heterocycles. The molecule has 0 bridgehead atoms. The molecule has 2 fully saturated rings. The number of para-hydroxylation sites is 2. The highest BCUT2D eigenvalue weighted by molar-refractivity contribution is 8.18. The van der Waals surface area contributed by atoms with Crippen molar-refractivity contribution >= 4 is 45.8 Å². The maximum atomic E-state index is 13.2. The van der Waals surface area contributed by atoms with Crippen molar-refractivity contribution in [3.8, 4) is 17.0 Å². The average molecular weight is 621 g/mol. The summed E-state index contributed by atoms with van der Waals surface area (Å²) in [6.45, 7) is 2.62. The highest BCUT2D eigenvalue weighted by atomic mass is 32.2. The van der Waals surface area contributed by atoms with Gasteiger partial charge in [-0.15, -0.1) is 13.2 Å². The minimum Gasteiger partial charge on any atom is -0.405 e. The highest BCUT2D eigenvalue weighted by Gasteiger charge is 2.32. The number of ether oxygens (including phenoxy) is 1. The summed E-state index contributed by atoms with van der Waals surface area (Å²) in [6, 6.07) is 17.2. The molecule has 2 N–H and O–H groups in total. The van der Waals surface area contributed by atoms with Crippen molar-refractivity contribution in [2.24, 2.45) is 5.92 Å². The third-order valence-corrected chi connectivity index (χ3v) is 8.21. The van der Waals surface area contributed by atoms with Crippen LogP contribution >= 0.6 is 11.8 Å². The first-order chi connectivity index (χ1) is 21.2. The van der Waals surface area contributed by atoms with Gasteiger partial charge in [0, 0.05) is 36.8 Å². The van der Waals surface area contributed by atoms with Crippen molar-refractivity contribution in [2.45, 2.75) is 25.7 Å². The standard InChI is InChI=1S/C31H27F3N6O3S/c32-31(33,34)43-25-8-4-2-6-23(25)27-21(15-20-5-1-3-7-24(20)38-27)18-35-17-19-10-13-40(14-11-19)29-36-12-9-22(37-29)16-26-28(41)39-30(42)44-26/h1-9,12,15-16,19,35H,10-11,13-14,17-18H2,(H,39,41,42)/b26-16-. The number of anilines is 1. The number of thioether (sulfide) groups is 1. The van der Waals surface area contributed by atoms with Crippen LogP contribution in [0.25, 0.3) is 28.2 Å². The maximum absolute atomic E-state index is 13.2. The smallest absolute Gasteiger partial charge is 0.405 e. The minimum absolute atomic E-state index is 0.275. The summed E-state index contributed by atoms with van der Waals surface area (Å²) in [7, 11) is 0. The number of rotatable bonds is 8. The predicted octanol–water partition coefficient (Wildman–Crippen LogP) is 5.92. The number of hydrogen-bond donors (Lipinski definition) is 2. The van der Waals surface area contributed by atoms with E-state index in [-0.39, 0.29) is 11.3 Å². The zero-order valence-corrected chi connectivity index (χ0v) is 24.1. The zero-order valence-electron chi connectivity index (χ0n) is 23.3. The zero-order chi connectivity index (χ0) is 30.7. The van der Waals surface area contributed by atoms with Crippen LogP contribution in [0, 0.1) is 5.92 Å². The lowest BCUT2D eigenvalue weighted by atomic mass is 9.96. The molecule has 4 heterocycles. The Morgan fingerprint density at radius 1 is 1.05 bits per heavy atom. The van der Waals surface area contributed by atoms with Gasteiger partial charge in [0.05, 0.1) is 21.8 Å². The SMILES string of the molecule is O=C1NC(=O)/C(=C/c2ccnc(N3CCC(CNCc4cc5ccccc5nc4-c4ccccc4OC(F)(F)F)CC3)n2)S1.